The van der Waals surface area contributed by atoms with Crippen LogP contribution >= 0.6 is 0 Å². The van der Waals surface area contributed by atoms with Crippen molar-refractivity contribution in [2.24, 2.45) is 0 Å². The summed E-state index contributed by atoms with van der Waals surface area (Å²) in [6, 6.07) is 32.2. The molecule has 1 aliphatic heterocycles. The molecule has 1 atom stereocenters. The first-order valence-corrected chi connectivity index (χ1v) is 12.6. The third-order valence-electron chi connectivity index (χ3n) is 7.89. The van der Waals surface area contributed by atoms with Crippen molar-refractivity contribution in [1.29, 1.82) is 0 Å². The highest BCUT2D eigenvalue weighted by Crippen LogP contribution is 2.51. The minimum Gasteiger partial charge on any atom is -0.456 e. The fraction of sp³-hybridized carbons (Fsp3) is 0.188. The second-order valence-corrected chi connectivity index (χ2v) is 10.4. The SMILES string of the molecule is Cc1ccc2oc3ccccc3c2c1C(C)(C)N1c2ccccc2N(c2cc3ccccc3[nH]2)[C@H]1C. The van der Waals surface area contributed by atoms with E-state index in [1.54, 1.807) is 0 Å². The van der Waals surface area contributed by atoms with Gasteiger partial charge in [0, 0.05) is 21.7 Å². The lowest BCUT2D eigenvalue weighted by Crippen LogP contribution is -2.49. The van der Waals surface area contributed by atoms with E-state index in [-0.39, 0.29) is 11.7 Å². The number of H-pyrrole nitrogens is 1. The van der Waals surface area contributed by atoms with Crippen molar-refractivity contribution < 1.29 is 4.42 Å². The number of hydrogen-bond acceptors (Lipinski definition) is 3. The molecule has 1 N–H and O–H groups in total. The molecule has 3 heterocycles. The van der Waals surface area contributed by atoms with E-state index in [9.17, 15) is 0 Å². The van der Waals surface area contributed by atoms with Crippen molar-refractivity contribution in [2.75, 3.05) is 9.80 Å². The summed E-state index contributed by atoms with van der Waals surface area (Å²) in [5, 5.41) is 3.61. The van der Waals surface area contributed by atoms with Gasteiger partial charge in [-0.1, -0.05) is 54.6 Å². The first-order valence-electron chi connectivity index (χ1n) is 12.6. The summed E-state index contributed by atoms with van der Waals surface area (Å²) in [5.74, 6) is 1.11. The van der Waals surface area contributed by atoms with Gasteiger partial charge in [-0.2, -0.15) is 0 Å². The Kier molecular flexibility index (Phi) is 4.35. The Hall–Kier alpha value is -4.18. The molecule has 0 bridgehead atoms. The number of para-hydroxylation sites is 4. The molecule has 4 heteroatoms. The van der Waals surface area contributed by atoms with Crippen LogP contribution in [0.3, 0.4) is 0 Å². The number of aromatic amines is 1. The summed E-state index contributed by atoms with van der Waals surface area (Å²) in [6.45, 7) is 9.22. The molecule has 0 amide bonds. The highest BCUT2D eigenvalue weighted by Gasteiger charge is 2.44. The minimum absolute atomic E-state index is 0.0956. The molecule has 2 aromatic heterocycles. The van der Waals surface area contributed by atoms with E-state index in [1.807, 2.05) is 6.07 Å². The molecule has 1 aliphatic rings. The van der Waals surface area contributed by atoms with Crippen LogP contribution in [0.2, 0.25) is 0 Å². The molecule has 0 aliphatic carbocycles. The normalized spacial score (nSPS) is 15.9. The lowest BCUT2D eigenvalue weighted by Gasteiger charge is -2.43. The topological polar surface area (TPSA) is 35.4 Å². The zero-order valence-electron chi connectivity index (χ0n) is 21.0. The molecule has 4 aromatic carbocycles. The second-order valence-electron chi connectivity index (χ2n) is 10.4. The molecule has 36 heavy (non-hydrogen) atoms. The van der Waals surface area contributed by atoms with Gasteiger partial charge >= 0.3 is 0 Å². The van der Waals surface area contributed by atoms with Crippen molar-refractivity contribution >= 4 is 50.0 Å². The fourth-order valence-corrected chi connectivity index (χ4v) is 6.51. The third-order valence-corrected chi connectivity index (χ3v) is 7.89. The number of rotatable bonds is 3. The van der Waals surface area contributed by atoms with Gasteiger partial charge in [-0.15, -0.1) is 0 Å². The number of nitrogens with zero attached hydrogens (tertiary/aromatic N) is 2. The smallest absolute Gasteiger partial charge is 0.135 e. The van der Waals surface area contributed by atoms with Gasteiger partial charge in [0.25, 0.3) is 0 Å². The van der Waals surface area contributed by atoms with E-state index in [0.717, 1.165) is 22.5 Å². The summed E-state index contributed by atoms with van der Waals surface area (Å²) in [5.41, 5.74) is 7.75. The van der Waals surface area contributed by atoms with E-state index in [0.29, 0.717) is 0 Å². The van der Waals surface area contributed by atoms with E-state index in [2.05, 4.69) is 127 Å². The van der Waals surface area contributed by atoms with Crippen LogP contribution in [0.25, 0.3) is 32.8 Å². The summed E-state index contributed by atoms with van der Waals surface area (Å²) >= 11 is 0. The van der Waals surface area contributed by atoms with Crippen LogP contribution < -0.4 is 9.80 Å². The molecule has 4 nitrogen and oxygen atoms in total. The number of aromatic nitrogens is 1. The number of hydrogen-bond donors (Lipinski definition) is 1. The highest BCUT2D eigenvalue weighted by atomic mass is 16.3. The molecule has 7 rings (SSSR count). The number of fused-ring (bicyclic) bond motifs is 5. The van der Waals surface area contributed by atoms with Crippen LogP contribution in [0, 0.1) is 6.92 Å². The Labute approximate surface area is 210 Å². The van der Waals surface area contributed by atoms with E-state index < -0.39 is 0 Å². The minimum atomic E-state index is -0.313. The molecule has 6 aromatic rings. The third kappa shape index (κ3) is 2.81. The quantitative estimate of drug-likeness (QED) is 0.281. The van der Waals surface area contributed by atoms with Crippen LogP contribution in [0.4, 0.5) is 17.2 Å². The maximum atomic E-state index is 6.29. The summed E-state index contributed by atoms with van der Waals surface area (Å²) in [7, 11) is 0. The van der Waals surface area contributed by atoms with Crippen LogP contribution in [0.5, 0.6) is 0 Å². The maximum Gasteiger partial charge on any atom is 0.135 e. The Morgan fingerprint density at radius 2 is 1.53 bits per heavy atom. The molecule has 0 radical (unpaired) electrons. The summed E-state index contributed by atoms with van der Waals surface area (Å²) < 4.78 is 6.29. The molecule has 0 fully saturated rings. The monoisotopic (exact) mass is 471 g/mol. The van der Waals surface area contributed by atoms with Crippen LogP contribution in [-0.2, 0) is 5.54 Å². The van der Waals surface area contributed by atoms with Crippen LogP contribution in [0.1, 0.15) is 31.9 Å². The zero-order chi connectivity index (χ0) is 24.6. The number of anilines is 3. The summed E-state index contributed by atoms with van der Waals surface area (Å²) in [4.78, 5) is 8.66. The van der Waals surface area contributed by atoms with Crippen molar-refractivity contribution in [2.45, 2.75) is 39.4 Å². The fourth-order valence-electron chi connectivity index (χ4n) is 6.51. The number of aryl methyl sites for hydroxylation is 1. The van der Waals surface area contributed by atoms with E-state index in [1.165, 1.54) is 38.7 Å². The maximum absolute atomic E-state index is 6.29. The summed E-state index contributed by atoms with van der Waals surface area (Å²) in [6.07, 6.45) is 0.0956. The Bertz CT molecular complexity index is 1740. The van der Waals surface area contributed by atoms with Gasteiger partial charge in [-0.3, -0.25) is 0 Å². The first kappa shape index (κ1) is 21.1. The van der Waals surface area contributed by atoms with Gasteiger partial charge in [0.1, 0.15) is 23.1 Å². The molecular weight excluding hydrogens is 442 g/mol. The van der Waals surface area contributed by atoms with Crippen molar-refractivity contribution in [3.63, 3.8) is 0 Å². The van der Waals surface area contributed by atoms with Gasteiger partial charge in [-0.25, -0.2) is 0 Å². The molecule has 0 saturated heterocycles. The zero-order valence-corrected chi connectivity index (χ0v) is 21.0. The molecule has 0 unspecified atom stereocenters. The van der Waals surface area contributed by atoms with Gasteiger partial charge in [0.05, 0.1) is 16.9 Å². The molecule has 0 spiro atoms. The predicted molar refractivity (Wildman–Crippen MR) is 150 cm³/mol. The number of furan rings is 1. The van der Waals surface area contributed by atoms with Crippen LogP contribution in [-0.4, -0.2) is 11.1 Å². The van der Waals surface area contributed by atoms with E-state index >= 15 is 0 Å². The van der Waals surface area contributed by atoms with Crippen molar-refractivity contribution in [3.05, 3.63) is 102 Å². The second kappa shape index (κ2) is 7.41. The van der Waals surface area contributed by atoms with Gasteiger partial charge < -0.3 is 19.2 Å². The molecular formula is C32H29N3O. The van der Waals surface area contributed by atoms with Crippen molar-refractivity contribution in [3.8, 4) is 0 Å². The van der Waals surface area contributed by atoms with Crippen LogP contribution in [0.15, 0.2) is 95.4 Å². The number of benzene rings is 4. The Balaban J connectivity index is 1.45. The standard InChI is InChI=1S/C32H29N3O/c1-20-17-18-28-30(23-12-6-10-16-27(23)36-28)31(20)32(3,4)35-21(2)34(25-14-8-9-15-26(25)35)29-19-22-11-5-7-13-24(22)33-29/h5-19,21,33H,1-4H3/t21-/m1/s1. The first-order chi connectivity index (χ1) is 17.4. The molecule has 0 saturated carbocycles. The lowest BCUT2D eigenvalue weighted by atomic mass is 9.84. The van der Waals surface area contributed by atoms with Gasteiger partial charge in [0.2, 0.25) is 0 Å². The van der Waals surface area contributed by atoms with Gasteiger partial charge in [-0.05, 0) is 75.2 Å². The number of nitrogens with one attached hydrogen (secondary N) is 1. The van der Waals surface area contributed by atoms with Gasteiger partial charge in [0.15, 0.2) is 0 Å². The van der Waals surface area contributed by atoms with Crippen molar-refractivity contribution in [1.82, 2.24) is 4.98 Å². The molecule has 178 valence electrons. The lowest BCUT2D eigenvalue weighted by molar-refractivity contribution is 0.449. The Morgan fingerprint density at radius 3 is 2.36 bits per heavy atom. The highest BCUT2D eigenvalue weighted by molar-refractivity contribution is 6.08. The Morgan fingerprint density at radius 1 is 0.806 bits per heavy atom. The predicted octanol–water partition coefficient (Wildman–Crippen LogP) is 8.62. The largest absolute Gasteiger partial charge is 0.456 e. The average Bonchev–Trinajstić information content (AvgIpc) is 3.54. The van der Waals surface area contributed by atoms with E-state index in [4.69, 9.17) is 4.42 Å². The average molecular weight is 472 g/mol.